The number of hydrogen-bond donors (Lipinski definition) is 0. The van der Waals surface area contributed by atoms with E-state index in [4.69, 9.17) is 0 Å². The molecule has 136 valence electrons. The maximum Gasteiger partial charge on any atom is 0.243 e. The average molecular weight is 374 g/mol. The third kappa shape index (κ3) is 3.53. The van der Waals surface area contributed by atoms with E-state index in [2.05, 4.69) is 0 Å². The Morgan fingerprint density at radius 1 is 1.12 bits per heavy atom. The second-order valence-electron chi connectivity index (χ2n) is 6.76. The first kappa shape index (κ1) is 19.4. The molecule has 1 aliphatic heterocycles. The molecule has 1 fully saturated rings. The van der Waals surface area contributed by atoms with Crippen molar-refractivity contribution in [3.05, 3.63) is 28.3 Å². The van der Waals surface area contributed by atoms with Crippen molar-refractivity contribution < 1.29 is 16.8 Å². The summed E-state index contributed by atoms with van der Waals surface area (Å²) >= 11 is 0. The Bertz CT molecular complexity index is 816. The summed E-state index contributed by atoms with van der Waals surface area (Å²) in [4.78, 5) is 0.345. The maximum absolute atomic E-state index is 13.4. The van der Waals surface area contributed by atoms with Crippen LogP contribution in [0.15, 0.2) is 11.0 Å². The van der Waals surface area contributed by atoms with Crippen LogP contribution < -0.4 is 0 Å². The van der Waals surface area contributed by atoms with E-state index in [9.17, 15) is 16.8 Å². The van der Waals surface area contributed by atoms with Crippen LogP contribution in [-0.4, -0.2) is 45.2 Å². The monoisotopic (exact) mass is 373 g/mol. The maximum atomic E-state index is 13.4. The van der Waals surface area contributed by atoms with Gasteiger partial charge in [-0.15, -0.1) is 0 Å². The Labute approximate surface area is 146 Å². The molecular weight excluding hydrogens is 346 g/mol. The molecule has 1 atom stereocenters. The fraction of sp³-hybridized carbons (Fsp3) is 0.647. The number of sulfone groups is 1. The molecule has 0 aliphatic carbocycles. The van der Waals surface area contributed by atoms with Crippen LogP contribution in [0.4, 0.5) is 0 Å². The lowest BCUT2D eigenvalue weighted by molar-refractivity contribution is 0.340. The topological polar surface area (TPSA) is 71.5 Å². The fourth-order valence-corrected chi connectivity index (χ4v) is 7.56. The van der Waals surface area contributed by atoms with Gasteiger partial charge in [0.15, 0.2) is 9.84 Å². The minimum absolute atomic E-state index is 0.0677. The summed E-state index contributed by atoms with van der Waals surface area (Å²) in [5.74, 6) is -0.00661. The van der Waals surface area contributed by atoms with Gasteiger partial charge in [0.2, 0.25) is 10.0 Å². The average Bonchev–Trinajstić information content (AvgIpc) is 2.82. The lowest BCUT2D eigenvalue weighted by Crippen LogP contribution is -2.42. The summed E-state index contributed by atoms with van der Waals surface area (Å²) in [6, 6.07) is 1.54. The van der Waals surface area contributed by atoms with E-state index in [1.54, 1.807) is 0 Å². The number of benzene rings is 1. The molecule has 1 aromatic rings. The Kier molecular flexibility index (Phi) is 5.47. The number of rotatable bonds is 5. The first-order valence-corrected chi connectivity index (χ1v) is 11.6. The summed E-state index contributed by atoms with van der Waals surface area (Å²) in [5.41, 5.74) is 3.37. The van der Waals surface area contributed by atoms with Crippen LogP contribution in [0.2, 0.25) is 0 Å². The molecule has 0 saturated carbocycles. The van der Waals surface area contributed by atoms with Crippen LogP contribution in [0.1, 0.15) is 42.0 Å². The number of sulfonamides is 1. The number of aryl methyl sites for hydroxylation is 2. The van der Waals surface area contributed by atoms with Crippen LogP contribution in [0.3, 0.4) is 0 Å². The van der Waals surface area contributed by atoms with Crippen LogP contribution in [0.5, 0.6) is 0 Å². The zero-order chi connectivity index (χ0) is 18.3. The molecule has 0 amide bonds. The number of hydrogen-bond acceptors (Lipinski definition) is 4. The predicted molar refractivity (Wildman–Crippen MR) is 96.6 cm³/mol. The molecule has 1 saturated heterocycles. The molecule has 1 unspecified atom stereocenters. The summed E-state index contributed by atoms with van der Waals surface area (Å²) in [6.07, 6.45) is 1.03. The summed E-state index contributed by atoms with van der Waals surface area (Å²) < 4.78 is 51.9. The molecule has 1 heterocycles. The van der Waals surface area contributed by atoms with Gasteiger partial charge >= 0.3 is 0 Å². The van der Waals surface area contributed by atoms with Crippen molar-refractivity contribution >= 4 is 19.9 Å². The van der Waals surface area contributed by atoms with Crippen molar-refractivity contribution in [2.24, 2.45) is 0 Å². The summed E-state index contributed by atoms with van der Waals surface area (Å²) in [7, 11) is -6.88. The van der Waals surface area contributed by atoms with E-state index in [0.717, 1.165) is 22.3 Å². The highest BCUT2D eigenvalue weighted by molar-refractivity contribution is 7.92. The van der Waals surface area contributed by atoms with Crippen molar-refractivity contribution in [3.63, 3.8) is 0 Å². The zero-order valence-electron chi connectivity index (χ0n) is 15.1. The Morgan fingerprint density at radius 3 is 2.08 bits per heavy atom. The normalized spacial score (nSPS) is 20.7. The lowest BCUT2D eigenvalue weighted by Gasteiger charge is -2.29. The molecule has 0 aromatic heterocycles. The molecule has 0 bridgehead atoms. The quantitative estimate of drug-likeness (QED) is 0.795. The molecule has 0 N–H and O–H groups in total. The third-order valence-corrected chi connectivity index (χ3v) is 8.90. The van der Waals surface area contributed by atoms with Gasteiger partial charge < -0.3 is 0 Å². The SMILES string of the molecule is CCCN(C1CCS(=O)(=O)C1)S(=O)(=O)c1c(C)c(C)cc(C)c1C. The van der Waals surface area contributed by atoms with E-state index in [-0.39, 0.29) is 11.5 Å². The van der Waals surface area contributed by atoms with Crippen molar-refractivity contribution in [1.29, 1.82) is 0 Å². The van der Waals surface area contributed by atoms with Gasteiger partial charge in [-0.2, -0.15) is 4.31 Å². The first-order chi connectivity index (χ1) is 11.0. The van der Waals surface area contributed by atoms with E-state index in [1.165, 1.54) is 4.31 Å². The second-order valence-corrected chi connectivity index (χ2v) is 10.8. The summed E-state index contributed by atoms with van der Waals surface area (Å²) in [6.45, 7) is 9.71. The lowest BCUT2D eigenvalue weighted by atomic mass is 10.0. The number of nitrogens with zero attached hydrogens (tertiary/aromatic N) is 1. The fourth-order valence-electron chi connectivity index (χ4n) is 3.41. The van der Waals surface area contributed by atoms with Crippen LogP contribution in [-0.2, 0) is 19.9 Å². The Morgan fingerprint density at radius 2 is 1.67 bits per heavy atom. The molecule has 7 heteroatoms. The largest absolute Gasteiger partial charge is 0.243 e. The second kappa shape index (κ2) is 6.77. The highest BCUT2D eigenvalue weighted by atomic mass is 32.2. The molecule has 0 spiro atoms. The molecule has 5 nitrogen and oxygen atoms in total. The Hall–Kier alpha value is -0.920. The van der Waals surface area contributed by atoms with E-state index in [0.29, 0.717) is 24.3 Å². The van der Waals surface area contributed by atoms with Gasteiger partial charge in [-0.1, -0.05) is 13.0 Å². The molecule has 1 aromatic carbocycles. The highest BCUT2D eigenvalue weighted by Gasteiger charge is 2.39. The van der Waals surface area contributed by atoms with E-state index in [1.807, 2.05) is 40.7 Å². The van der Waals surface area contributed by atoms with Crippen molar-refractivity contribution in [3.8, 4) is 0 Å². The van der Waals surface area contributed by atoms with Gasteiger partial charge in [0.1, 0.15) is 0 Å². The van der Waals surface area contributed by atoms with Gasteiger partial charge in [0, 0.05) is 12.6 Å². The van der Waals surface area contributed by atoms with Crippen molar-refractivity contribution in [2.45, 2.75) is 58.4 Å². The summed E-state index contributed by atoms with van der Waals surface area (Å²) in [5, 5.41) is 0. The van der Waals surface area contributed by atoms with Crippen molar-refractivity contribution in [2.75, 3.05) is 18.1 Å². The molecule has 1 aliphatic rings. The van der Waals surface area contributed by atoms with Gasteiger partial charge in [0.25, 0.3) is 0 Å². The molecular formula is C17H27NO4S2. The smallest absolute Gasteiger partial charge is 0.229 e. The third-order valence-electron chi connectivity index (χ3n) is 4.92. The van der Waals surface area contributed by atoms with Crippen LogP contribution in [0, 0.1) is 27.7 Å². The van der Waals surface area contributed by atoms with Gasteiger partial charge in [0.05, 0.1) is 16.4 Å². The van der Waals surface area contributed by atoms with Crippen LogP contribution in [0.25, 0.3) is 0 Å². The Balaban J connectivity index is 2.59. The highest BCUT2D eigenvalue weighted by Crippen LogP contribution is 2.31. The van der Waals surface area contributed by atoms with Gasteiger partial charge in [-0.3, -0.25) is 0 Å². The van der Waals surface area contributed by atoms with Crippen LogP contribution >= 0.6 is 0 Å². The zero-order valence-corrected chi connectivity index (χ0v) is 16.7. The molecule has 0 radical (unpaired) electrons. The van der Waals surface area contributed by atoms with Gasteiger partial charge in [-0.25, -0.2) is 16.8 Å². The van der Waals surface area contributed by atoms with Crippen molar-refractivity contribution in [1.82, 2.24) is 4.31 Å². The van der Waals surface area contributed by atoms with E-state index >= 15 is 0 Å². The standard InChI is InChI=1S/C17H27NO4S2/c1-6-8-18(16-7-9-23(19,20)11-16)24(21,22)17-14(4)12(2)10-13(3)15(17)5/h10,16H,6-9,11H2,1-5H3. The molecule has 2 rings (SSSR count). The predicted octanol–water partition coefficient (Wildman–Crippen LogP) is 2.51. The van der Waals surface area contributed by atoms with Gasteiger partial charge in [-0.05, 0) is 62.8 Å². The first-order valence-electron chi connectivity index (χ1n) is 8.31. The van der Waals surface area contributed by atoms with E-state index < -0.39 is 25.9 Å². The molecule has 24 heavy (non-hydrogen) atoms. The minimum Gasteiger partial charge on any atom is -0.229 e. The minimum atomic E-state index is -3.73.